The third kappa shape index (κ3) is 6.96. The van der Waals surface area contributed by atoms with E-state index in [1.165, 1.54) is 22.7 Å². The number of carbonyl (C=O) groups excluding carboxylic acids is 1. The highest BCUT2D eigenvalue weighted by atomic mass is 32.1. The van der Waals surface area contributed by atoms with Crippen LogP contribution in [0.5, 0.6) is 0 Å². The minimum absolute atomic E-state index is 0.0330. The van der Waals surface area contributed by atoms with Gasteiger partial charge in [-0.05, 0) is 38.7 Å². The SMILES string of the molecule is Cc1ccc(Cc2nsc(N(CCC(=O)NCCN(C)C)Cc3ccco3)n2)cc1. The van der Waals surface area contributed by atoms with Gasteiger partial charge in [-0.2, -0.15) is 4.37 Å². The third-order valence-corrected chi connectivity index (χ3v) is 5.44. The molecule has 1 N–H and O–H groups in total. The van der Waals surface area contributed by atoms with Crippen molar-refractivity contribution in [2.75, 3.05) is 38.6 Å². The molecule has 0 unspecified atom stereocenters. The van der Waals surface area contributed by atoms with E-state index in [1.807, 2.05) is 31.1 Å². The first-order valence-electron chi connectivity index (χ1n) is 10.1. The van der Waals surface area contributed by atoms with Crippen molar-refractivity contribution in [1.29, 1.82) is 0 Å². The zero-order chi connectivity index (χ0) is 21.3. The molecule has 0 aliphatic carbocycles. The van der Waals surface area contributed by atoms with Crippen molar-refractivity contribution in [2.45, 2.75) is 26.3 Å². The molecule has 0 fully saturated rings. The number of hydrogen-bond acceptors (Lipinski definition) is 7. The van der Waals surface area contributed by atoms with Gasteiger partial charge in [0.1, 0.15) is 11.6 Å². The van der Waals surface area contributed by atoms with Crippen LogP contribution in [0.3, 0.4) is 0 Å². The number of hydrogen-bond donors (Lipinski definition) is 1. The largest absolute Gasteiger partial charge is 0.467 e. The Balaban J connectivity index is 1.62. The highest BCUT2D eigenvalue weighted by molar-refractivity contribution is 7.09. The van der Waals surface area contributed by atoms with Crippen LogP contribution in [0.15, 0.2) is 47.1 Å². The summed E-state index contributed by atoms with van der Waals surface area (Å²) in [4.78, 5) is 21.0. The molecule has 0 spiro atoms. The van der Waals surface area contributed by atoms with E-state index in [-0.39, 0.29) is 5.91 Å². The Kier molecular flexibility index (Phi) is 7.98. The zero-order valence-corrected chi connectivity index (χ0v) is 18.6. The van der Waals surface area contributed by atoms with Gasteiger partial charge < -0.3 is 19.5 Å². The molecular weight excluding hydrogens is 398 g/mol. The van der Waals surface area contributed by atoms with Crippen molar-refractivity contribution >= 4 is 22.6 Å². The van der Waals surface area contributed by atoms with E-state index in [4.69, 9.17) is 9.40 Å². The first-order valence-corrected chi connectivity index (χ1v) is 10.8. The lowest BCUT2D eigenvalue weighted by Gasteiger charge is -2.20. The smallest absolute Gasteiger partial charge is 0.221 e. The lowest BCUT2D eigenvalue weighted by molar-refractivity contribution is -0.120. The van der Waals surface area contributed by atoms with E-state index >= 15 is 0 Å². The Bertz CT molecular complexity index is 906. The summed E-state index contributed by atoms with van der Waals surface area (Å²) in [6.45, 7) is 4.64. The predicted molar refractivity (Wildman–Crippen MR) is 120 cm³/mol. The van der Waals surface area contributed by atoms with Gasteiger partial charge in [-0.15, -0.1) is 0 Å². The van der Waals surface area contributed by atoms with Gasteiger partial charge in [-0.1, -0.05) is 29.8 Å². The summed E-state index contributed by atoms with van der Waals surface area (Å²) in [5.41, 5.74) is 2.42. The van der Waals surface area contributed by atoms with Crippen LogP contribution in [-0.4, -0.2) is 53.9 Å². The molecule has 0 bridgehead atoms. The quantitative estimate of drug-likeness (QED) is 0.507. The monoisotopic (exact) mass is 427 g/mol. The molecule has 0 atom stereocenters. The number of nitrogens with one attached hydrogen (secondary N) is 1. The molecule has 3 aromatic rings. The third-order valence-electron chi connectivity index (χ3n) is 4.63. The Morgan fingerprint density at radius 2 is 1.97 bits per heavy atom. The van der Waals surface area contributed by atoms with E-state index in [9.17, 15) is 4.79 Å². The highest BCUT2D eigenvalue weighted by Gasteiger charge is 2.16. The van der Waals surface area contributed by atoms with Crippen LogP contribution < -0.4 is 10.2 Å². The number of anilines is 1. The van der Waals surface area contributed by atoms with Crippen molar-refractivity contribution < 1.29 is 9.21 Å². The number of aryl methyl sites for hydroxylation is 1. The summed E-state index contributed by atoms with van der Waals surface area (Å²) >= 11 is 1.36. The molecule has 0 saturated carbocycles. The second kappa shape index (κ2) is 10.9. The molecule has 160 valence electrons. The number of nitrogens with zero attached hydrogens (tertiary/aromatic N) is 4. The van der Waals surface area contributed by atoms with Gasteiger partial charge in [0.2, 0.25) is 11.0 Å². The zero-order valence-electron chi connectivity index (χ0n) is 17.8. The molecule has 3 rings (SSSR count). The summed E-state index contributed by atoms with van der Waals surface area (Å²) in [6, 6.07) is 12.2. The van der Waals surface area contributed by atoms with Crippen LogP contribution in [0.25, 0.3) is 0 Å². The molecule has 0 saturated heterocycles. The average molecular weight is 428 g/mol. The van der Waals surface area contributed by atoms with Crippen molar-refractivity contribution in [2.24, 2.45) is 0 Å². The standard InChI is InChI=1S/C22H29N5O2S/c1-17-6-8-18(9-7-17)15-20-24-22(30-25-20)27(16-19-5-4-14-29-19)12-10-21(28)23-11-13-26(2)3/h4-9,14H,10-13,15-16H2,1-3H3,(H,23,28). The Morgan fingerprint density at radius 1 is 1.17 bits per heavy atom. The fraction of sp³-hybridized carbons (Fsp3) is 0.409. The summed E-state index contributed by atoms with van der Waals surface area (Å²) in [6.07, 6.45) is 2.74. The van der Waals surface area contributed by atoms with Crippen molar-refractivity contribution in [3.63, 3.8) is 0 Å². The first-order chi connectivity index (χ1) is 14.5. The van der Waals surface area contributed by atoms with Gasteiger partial charge in [0.15, 0.2) is 0 Å². The molecule has 2 aromatic heterocycles. The molecule has 0 aliphatic heterocycles. The van der Waals surface area contributed by atoms with Crippen molar-refractivity contribution in [3.8, 4) is 0 Å². The van der Waals surface area contributed by atoms with E-state index in [0.717, 1.165) is 23.3 Å². The maximum Gasteiger partial charge on any atom is 0.221 e. The molecule has 2 heterocycles. The van der Waals surface area contributed by atoms with Crippen LogP contribution in [0.1, 0.15) is 29.1 Å². The molecule has 0 radical (unpaired) electrons. The number of amides is 1. The summed E-state index contributed by atoms with van der Waals surface area (Å²) in [5.74, 6) is 1.66. The van der Waals surface area contributed by atoms with Gasteiger partial charge in [0.05, 0.1) is 12.8 Å². The van der Waals surface area contributed by atoms with E-state index in [0.29, 0.717) is 32.5 Å². The Hall–Kier alpha value is -2.71. The van der Waals surface area contributed by atoms with Gasteiger partial charge in [-0.25, -0.2) is 4.98 Å². The maximum atomic E-state index is 12.2. The fourth-order valence-electron chi connectivity index (χ4n) is 2.91. The summed E-state index contributed by atoms with van der Waals surface area (Å²) in [5, 5.41) is 3.76. The predicted octanol–water partition coefficient (Wildman–Crippen LogP) is 3.10. The molecule has 7 nitrogen and oxygen atoms in total. The topological polar surface area (TPSA) is 74.5 Å². The van der Waals surface area contributed by atoms with Crippen LogP contribution in [-0.2, 0) is 17.8 Å². The summed E-state index contributed by atoms with van der Waals surface area (Å²) < 4.78 is 10.0. The van der Waals surface area contributed by atoms with Crippen molar-refractivity contribution in [3.05, 3.63) is 65.4 Å². The molecule has 0 aliphatic rings. The van der Waals surface area contributed by atoms with E-state index in [2.05, 4.69) is 45.8 Å². The minimum Gasteiger partial charge on any atom is -0.467 e. The second-order valence-corrected chi connectivity index (χ2v) is 8.29. The van der Waals surface area contributed by atoms with Crippen LogP contribution in [0.4, 0.5) is 5.13 Å². The van der Waals surface area contributed by atoms with Crippen molar-refractivity contribution in [1.82, 2.24) is 19.6 Å². The van der Waals surface area contributed by atoms with Gasteiger partial charge in [0.25, 0.3) is 0 Å². The highest BCUT2D eigenvalue weighted by Crippen LogP contribution is 2.22. The van der Waals surface area contributed by atoms with Crippen LogP contribution in [0, 0.1) is 6.92 Å². The number of aromatic nitrogens is 2. The molecule has 1 aromatic carbocycles. The maximum absolute atomic E-state index is 12.2. The normalized spacial score (nSPS) is 11.1. The van der Waals surface area contributed by atoms with Crippen LogP contribution >= 0.6 is 11.5 Å². The van der Waals surface area contributed by atoms with Gasteiger partial charge in [-0.3, -0.25) is 4.79 Å². The van der Waals surface area contributed by atoms with Gasteiger partial charge >= 0.3 is 0 Å². The Morgan fingerprint density at radius 3 is 2.67 bits per heavy atom. The summed E-state index contributed by atoms with van der Waals surface area (Å²) in [7, 11) is 3.97. The van der Waals surface area contributed by atoms with Gasteiger partial charge in [0, 0.05) is 44.0 Å². The average Bonchev–Trinajstić information content (AvgIpc) is 3.39. The lowest BCUT2D eigenvalue weighted by atomic mass is 10.1. The Labute approximate surface area is 181 Å². The first kappa shape index (κ1) is 22.0. The van der Waals surface area contributed by atoms with E-state index in [1.54, 1.807) is 6.26 Å². The molecular formula is C22H29N5O2S. The number of furan rings is 1. The number of benzene rings is 1. The number of carbonyl (C=O) groups is 1. The van der Waals surface area contributed by atoms with Crippen LogP contribution in [0.2, 0.25) is 0 Å². The molecule has 1 amide bonds. The second-order valence-electron chi connectivity index (χ2n) is 7.56. The molecule has 8 heteroatoms. The fourth-order valence-corrected chi connectivity index (χ4v) is 3.62. The minimum atomic E-state index is 0.0330. The van der Waals surface area contributed by atoms with E-state index < -0.39 is 0 Å². The number of likely N-dealkylation sites (N-methyl/N-ethyl adjacent to an activating group) is 1. The molecule has 30 heavy (non-hydrogen) atoms. The number of rotatable bonds is 11. The lowest BCUT2D eigenvalue weighted by Crippen LogP contribution is -2.34.